The highest BCUT2D eigenvalue weighted by molar-refractivity contribution is 5.84. The molecule has 1 aliphatic carbocycles. The molecular formula is C15H29N3O2. The molecule has 0 aromatic heterocycles. The third kappa shape index (κ3) is 3.71. The Morgan fingerprint density at radius 2 is 2.25 bits per heavy atom. The van der Waals surface area contributed by atoms with E-state index in [2.05, 4.69) is 17.1 Å². The van der Waals surface area contributed by atoms with Crippen molar-refractivity contribution in [3.8, 4) is 0 Å². The first-order valence-corrected chi connectivity index (χ1v) is 8.05. The Bertz CT molecular complexity index is 316. The molecule has 1 saturated heterocycles. The minimum Gasteiger partial charge on any atom is -0.380 e. The summed E-state index contributed by atoms with van der Waals surface area (Å²) in [6.45, 7) is 6.70. The number of primary amides is 1. The van der Waals surface area contributed by atoms with Gasteiger partial charge in [0.05, 0.1) is 12.1 Å². The third-order valence-electron chi connectivity index (χ3n) is 4.68. The Kier molecular flexibility index (Phi) is 5.81. The molecule has 5 heteroatoms. The highest BCUT2D eigenvalue weighted by Crippen LogP contribution is 2.31. The second-order valence-electron chi connectivity index (χ2n) is 6.13. The Labute approximate surface area is 122 Å². The monoisotopic (exact) mass is 283 g/mol. The fourth-order valence-corrected chi connectivity index (χ4v) is 3.52. The van der Waals surface area contributed by atoms with Gasteiger partial charge in [0.1, 0.15) is 0 Å². The summed E-state index contributed by atoms with van der Waals surface area (Å²) in [5, 5.41) is 3.44. The number of carbonyl (C=O) groups is 1. The molecule has 116 valence electrons. The van der Waals surface area contributed by atoms with Gasteiger partial charge in [0, 0.05) is 25.7 Å². The number of hydrogen-bond acceptors (Lipinski definition) is 4. The summed E-state index contributed by atoms with van der Waals surface area (Å²) in [6.07, 6.45) is 6.08. The summed E-state index contributed by atoms with van der Waals surface area (Å²) in [5.41, 5.74) is 5.23. The summed E-state index contributed by atoms with van der Waals surface area (Å²) in [7, 11) is 0. The molecule has 0 aromatic rings. The number of ether oxygens (including phenoxy) is 1. The number of nitrogens with two attached hydrogens (primary N) is 1. The van der Waals surface area contributed by atoms with Gasteiger partial charge >= 0.3 is 0 Å². The molecule has 1 aliphatic heterocycles. The van der Waals surface area contributed by atoms with Gasteiger partial charge in [0.15, 0.2) is 0 Å². The summed E-state index contributed by atoms with van der Waals surface area (Å²) < 4.78 is 5.53. The minimum absolute atomic E-state index is 0.179. The van der Waals surface area contributed by atoms with Crippen molar-refractivity contribution in [1.82, 2.24) is 10.2 Å². The number of rotatable bonds is 5. The lowest BCUT2D eigenvalue weighted by atomic mass is 9.77. The number of amides is 1. The van der Waals surface area contributed by atoms with Crippen molar-refractivity contribution in [3.05, 3.63) is 0 Å². The van der Waals surface area contributed by atoms with Crippen LogP contribution in [0, 0.1) is 0 Å². The summed E-state index contributed by atoms with van der Waals surface area (Å²) >= 11 is 0. The number of carbonyl (C=O) groups excluding carboxylic acids is 1. The SMILES string of the molecule is CCCNC1(C(N)=O)CCCC(N2CCCOCC2)C1. The van der Waals surface area contributed by atoms with Crippen LogP contribution < -0.4 is 11.1 Å². The Balaban J connectivity index is 2.02. The van der Waals surface area contributed by atoms with E-state index in [0.29, 0.717) is 6.04 Å². The highest BCUT2D eigenvalue weighted by Gasteiger charge is 2.42. The first-order valence-electron chi connectivity index (χ1n) is 8.05. The molecule has 0 spiro atoms. The Morgan fingerprint density at radius 3 is 3.00 bits per heavy atom. The Hall–Kier alpha value is -0.650. The van der Waals surface area contributed by atoms with Crippen LogP contribution in [0.4, 0.5) is 0 Å². The molecule has 2 unspecified atom stereocenters. The van der Waals surface area contributed by atoms with E-state index in [1.165, 1.54) is 6.42 Å². The average molecular weight is 283 g/mol. The lowest BCUT2D eigenvalue weighted by Gasteiger charge is -2.43. The second-order valence-corrected chi connectivity index (χ2v) is 6.13. The van der Waals surface area contributed by atoms with Gasteiger partial charge in [-0.2, -0.15) is 0 Å². The Morgan fingerprint density at radius 1 is 1.40 bits per heavy atom. The van der Waals surface area contributed by atoms with Crippen molar-refractivity contribution < 1.29 is 9.53 Å². The van der Waals surface area contributed by atoms with Crippen molar-refractivity contribution in [2.45, 2.75) is 57.0 Å². The molecule has 2 atom stereocenters. The zero-order chi connectivity index (χ0) is 14.4. The highest BCUT2D eigenvalue weighted by atomic mass is 16.5. The van der Waals surface area contributed by atoms with E-state index in [-0.39, 0.29) is 5.91 Å². The lowest BCUT2D eigenvalue weighted by molar-refractivity contribution is -0.126. The standard InChI is InChI=1S/C15H29N3O2/c1-2-7-17-15(14(16)19)6-3-5-13(12-15)18-8-4-10-20-11-9-18/h13,17H,2-12H2,1H3,(H2,16,19). The van der Waals surface area contributed by atoms with Gasteiger partial charge in [-0.15, -0.1) is 0 Å². The molecule has 2 aliphatic rings. The van der Waals surface area contributed by atoms with Crippen LogP contribution in [0.5, 0.6) is 0 Å². The molecule has 20 heavy (non-hydrogen) atoms. The molecule has 2 rings (SSSR count). The van der Waals surface area contributed by atoms with Gasteiger partial charge in [0.2, 0.25) is 5.91 Å². The smallest absolute Gasteiger partial charge is 0.237 e. The van der Waals surface area contributed by atoms with Crippen molar-refractivity contribution in [2.24, 2.45) is 5.73 Å². The predicted molar refractivity (Wildman–Crippen MR) is 79.5 cm³/mol. The van der Waals surface area contributed by atoms with Gasteiger partial charge in [0.25, 0.3) is 0 Å². The van der Waals surface area contributed by atoms with Crippen LogP contribution in [0.15, 0.2) is 0 Å². The third-order valence-corrected chi connectivity index (χ3v) is 4.68. The number of nitrogens with one attached hydrogen (secondary N) is 1. The normalized spacial score (nSPS) is 32.8. The zero-order valence-electron chi connectivity index (χ0n) is 12.7. The van der Waals surface area contributed by atoms with Crippen LogP contribution in [-0.4, -0.2) is 55.2 Å². The number of nitrogens with zero attached hydrogens (tertiary/aromatic N) is 1. The molecule has 1 saturated carbocycles. The molecule has 0 aromatic carbocycles. The number of hydrogen-bond donors (Lipinski definition) is 2. The molecule has 1 heterocycles. The fourth-order valence-electron chi connectivity index (χ4n) is 3.52. The minimum atomic E-state index is -0.494. The molecule has 5 nitrogen and oxygen atoms in total. The second kappa shape index (κ2) is 7.38. The van der Waals surface area contributed by atoms with Crippen LogP contribution in [0.3, 0.4) is 0 Å². The van der Waals surface area contributed by atoms with Gasteiger partial charge < -0.3 is 15.8 Å². The van der Waals surface area contributed by atoms with E-state index in [4.69, 9.17) is 10.5 Å². The molecule has 3 N–H and O–H groups in total. The van der Waals surface area contributed by atoms with E-state index < -0.39 is 5.54 Å². The summed E-state index contributed by atoms with van der Waals surface area (Å²) in [4.78, 5) is 14.5. The van der Waals surface area contributed by atoms with Crippen molar-refractivity contribution in [3.63, 3.8) is 0 Å². The quantitative estimate of drug-likeness (QED) is 0.786. The van der Waals surface area contributed by atoms with Crippen LogP contribution >= 0.6 is 0 Å². The van der Waals surface area contributed by atoms with E-state index >= 15 is 0 Å². The molecule has 2 fully saturated rings. The summed E-state index contributed by atoms with van der Waals surface area (Å²) in [5.74, 6) is -0.179. The first-order chi connectivity index (χ1) is 9.68. The molecule has 1 amide bonds. The maximum absolute atomic E-state index is 12.0. The first kappa shape index (κ1) is 15.7. The van der Waals surface area contributed by atoms with Crippen LogP contribution in [0.1, 0.15) is 45.4 Å². The van der Waals surface area contributed by atoms with E-state index in [1.807, 2.05) is 0 Å². The molecular weight excluding hydrogens is 254 g/mol. The van der Waals surface area contributed by atoms with Crippen LogP contribution in [-0.2, 0) is 9.53 Å². The topological polar surface area (TPSA) is 67.6 Å². The van der Waals surface area contributed by atoms with Gasteiger partial charge in [-0.3, -0.25) is 9.69 Å². The lowest BCUT2D eigenvalue weighted by Crippen LogP contribution is -2.61. The zero-order valence-corrected chi connectivity index (χ0v) is 12.7. The van der Waals surface area contributed by atoms with Crippen LogP contribution in [0.25, 0.3) is 0 Å². The van der Waals surface area contributed by atoms with Crippen LogP contribution in [0.2, 0.25) is 0 Å². The fraction of sp³-hybridized carbons (Fsp3) is 0.933. The van der Waals surface area contributed by atoms with E-state index in [1.54, 1.807) is 0 Å². The predicted octanol–water partition coefficient (Wildman–Crippen LogP) is 0.875. The average Bonchev–Trinajstić information content (AvgIpc) is 2.74. The van der Waals surface area contributed by atoms with E-state index in [0.717, 1.165) is 65.0 Å². The largest absolute Gasteiger partial charge is 0.380 e. The molecule has 0 radical (unpaired) electrons. The van der Waals surface area contributed by atoms with Crippen molar-refractivity contribution in [1.29, 1.82) is 0 Å². The van der Waals surface area contributed by atoms with E-state index in [9.17, 15) is 4.79 Å². The van der Waals surface area contributed by atoms with Crippen molar-refractivity contribution >= 4 is 5.91 Å². The van der Waals surface area contributed by atoms with Crippen molar-refractivity contribution in [2.75, 3.05) is 32.8 Å². The van der Waals surface area contributed by atoms with Gasteiger partial charge in [-0.25, -0.2) is 0 Å². The molecule has 0 bridgehead atoms. The van der Waals surface area contributed by atoms with Gasteiger partial charge in [-0.1, -0.05) is 6.92 Å². The summed E-state index contributed by atoms with van der Waals surface area (Å²) in [6, 6.07) is 0.460. The van der Waals surface area contributed by atoms with Gasteiger partial charge in [-0.05, 0) is 45.1 Å². The maximum Gasteiger partial charge on any atom is 0.237 e. The maximum atomic E-state index is 12.0.